The Morgan fingerprint density at radius 2 is 2.11 bits per heavy atom. The van der Waals surface area contributed by atoms with Crippen molar-refractivity contribution in [3.05, 3.63) is 53.9 Å². The van der Waals surface area contributed by atoms with Crippen LogP contribution in [0.25, 0.3) is 0 Å². The van der Waals surface area contributed by atoms with E-state index in [9.17, 15) is 14.6 Å². The maximum absolute atomic E-state index is 13.1. The molecule has 0 radical (unpaired) electrons. The van der Waals surface area contributed by atoms with Crippen molar-refractivity contribution in [3.8, 4) is 0 Å². The van der Waals surface area contributed by atoms with Gasteiger partial charge in [0.2, 0.25) is 0 Å². The summed E-state index contributed by atoms with van der Waals surface area (Å²) in [6, 6.07) is 6.25. The SMILES string of the molecule is Nc1ncnc2c1N/C(=C\Cc1ccc(F)cc1)N2C1CC(O)C(CO)O1. The molecule has 27 heavy (non-hydrogen) atoms. The second-order valence-corrected chi connectivity index (χ2v) is 6.49. The van der Waals surface area contributed by atoms with Gasteiger partial charge in [-0.05, 0) is 30.2 Å². The van der Waals surface area contributed by atoms with Gasteiger partial charge in [-0.1, -0.05) is 12.1 Å². The van der Waals surface area contributed by atoms with Gasteiger partial charge >= 0.3 is 0 Å². The van der Waals surface area contributed by atoms with E-state index in [4.69, 9.17) is 10.5 Å². The topological polar surface area (TPSA) is 117 Å². The Morgan fingerprint density at radius 3 is 2.81 bits per heavy atom. The van der Waals surface area contributed by atoms with E-state index in [1.165, 1.54) is 18.5 Å². The van der Waals surface area contributed by atoms with Gasteiger partial charge in [0.1, 0.15) is 36.0 Å². The van der Waals surface area contributed by atoms with Crippen molar-refractivity contribution in [2.75, 3.05) is 22.6 Å². The van der Waals surface area contributed by atoms with E-state index in [1.54, 1.807) is 17.0 Å². The number of nitrogens with zero attached hydrogens (tertiary/aromatic N) is 3. The fourth-order valence-electron chi connectivity index (χ4n) is 3.31. The number of benzene rings is 1. The maximum atomic E-state index is 13.1. The predicted octanol–water partition coefficient (Wildman–Crippen LogP) is 0.982. The molecule has 142 valence electrons. The highest BCUT2D eigenvalue weighted by molar-refractivity contribution is 5.85. The van der Waals surface area contributed by atoms with Gasteiger partial charge in [0.05, 0.1) is 12.7 Å². The molecule has 0 bridgehead atoms. The van der Waals surface area contributed by atoms with Crippen LogP contribution < -0.4 is 16.0 Å². The minimum atomic E-state index is -0.776. The van der Waals surface area contributed by atoms with Crippen LogP contribution in [0.4, 0.5) is 21.7 Å². The van der Waals surface area contributed by atoms with Crippen molar-refractivity contribution in [1.82, 2.24) is 9.97 Å². The molecule has 1 aromatic heterocycles. The molecule has 4 rings (SSSR count). The highest BCUT2D eigenvalue weighted by Crippen LogP contribution is 2.41. The van der Waals surface area contributed by atoms with Crippen LogP contribution in [0.5, 0.6) is 0 Å². The molecule has 1 saturated heterocycles. The average Bonchev–Trinajstić information content (AvgIpc) is 3.22. The Morgan fingerprint density at radius 1 is 1.33 bits per heavy atom. The largest absolute Gasteiger partial charge is 0.394 e. The van der Waals surface area contributed by atoms with Crippen LogP contribution in [0.15, 0.2) is 42.5 Å². The number of halogens is 1. The molecule has 0 amide bonds. The highest BCUT2D eigenvalue weighted by Gasteiger charge is 2.42. The lowest BCUT2D eigenvalue weighted by atomic mass is 10.1. The minimum Gasteiger partial charge on any atom is -0.394 e. The summed E-state index contributed by atoms with van der Waals surface area (Å²) in [6.45, 7) is -0.271. The molecule has 0 saturated carbocycles. The summed E-state index contributed by atoms with van der Waals surface area (Å²) in [5.41, 5.74) is 7.46. The number of nitrogen functional groups attached to an aromatic ring is 1. The third-order valence-corrected chi connectivity index (χ3v) is 4.71. The van der Waals surface area contributed by atoms with Gasteiger partial charge in [0.15, 0.2) is 11.6 Å². The molecule has 0 spiro atoms. The zero-order chi connectivity index (χ0) is 19.0. The summed E-state index contributed by atoms with van der Waals surface area (Å²) in [7, 11) is 0. The molecule has 1 aromatic carbocycles. The van der Waals surface area contributed by atoms with Crippen LogP contribution in [0.2, 0.25) is 0 Å². The van der Waals surface area contributed by atoms with E-state index < -0.39 is 18.4 Å². The molecular weight excluding hydrogens is 353 g/mol. The lowest BCUT2D eigenvalue weighted by molar-refractivity contribution is -0.0206. The number of hydrogen-bond donors (Lipinski definition) is 4. The number of nitrogens with one attached hydrogen (secondary N) is 1. The second-order valence-electron chi connectivity index (χ2n) is 6.49. The van der Waals surface area contributed by atoms with Crippen LogP contribution in [-0.4, -0.2) is 45.2 Å². The van der Waals surface area contributed by atoms with E-state index in [0.29, 0.717) is 36.0 Å². The van der Waals surface area contributed by atoms with Crippen molar-refractivity contribution in [1.29, 1.82) is 0 Å². The molecule has 1 fully saturated rings. The summed E-state index contributed by atoms with van der Waals surface area (Å²) in [6.07, 6.45) is 2.18. The number of anilines is 3. The molecule has 3 unspecified atom stereocenters. The fourth-order valence-corrected chi connectivity index (χ4v) is 3.31. The quantitative estimate of drug-likeness (QED) is 0.627. The first-order valence-electron chi connectivity index (χ1n) is 8.62. The van der Waals surface area contributed by atoms with Gasteiger partial charge in [-0.25, -0.2) is 14.4 Å². The summed E-state index contributed by atoms with van der Waals surface area (Å²) >= 11 is 0. The number of hydrogen-bond acceptors (Lipinski definition) is 8. The van der Waals surface area contributed by atoms with E-state index in [1.807, 2.05) is 6.08 Å². The molecule has 5 N–H and O–H groups in total. The van der Waals surface area contributed by atoms with Gasteiger partial charge in [-0.3, -0.25) is 4.90 Å². The third kappa shape index (κ3) is 3.32. The highest BCUT2D eigenvalue weighted by atomic mass is 19.1. The first-order chi connectivity index (χ1) is 13.1. The van der Waals surface area contributed by atoms with Crippen LogP contribution in [0, 0.1) is 5.82 Å². The predicted molar refractivity (Wildman–Crippen MR) is 97.1 cm³/mol. The number of aromatic nitrogens is 2. The molecule has 3 atom stereocenters. The van der Waals surface area contributed by atoms with Crippen LogP contribution in [0.3, 0.4) is 0 Å². The Kier molecular flexibility index (Phi) is 4.65. The lowest BCUT2D eigenvalue weighted by Gasteiger charge is -2.26. The van der Waals surface area contributed by atoms with Crippen molar-refractivity contribution < 1.29 is 19.3 Å². The normalized spacial score (nSPS) is 25.7. The molecule has 2 aliphatic heterocycles. The first kappa shape index (κ1) is 17.7. The summed E-state index contributed by atoms with van der Waals surface area (Å²) in [5, 5.41) is 22.7. The van der Waals surface area contributed by atoms with Crippen LogP contribution >= 0.6 is 0 Å². The molecule has 8 nitrogen and oxygen atoms in total. The summed E-state index contributed by atoms with van der Waals surface area (Å²) < 4.78 is 18.9. The van der Waals surface area contributed by atoms with Gasteiger partial charge in [-0.15, -0.1) is 0 Å². The van der Waals surface area contributed by atoms with Crippen molar-refractivity contribution in [2.45, 2.75) is 31.3 Å². The van der Waals surface area contributed by atoms with Crippen LogP contribution in [-0.2, 0) is 11.2 Å². The molecule has 2 aliphatic rings. The zero-order valence-electron chi connectivity index (χ0n) is 14.4. The van der Waals surface area contributed by atoms with Gasteiger partial charge in [0.25, 0.3) is 0 Å². The van der Waals surface area contributed by atoms with E-state index in [-0.39, 0.29) is 12.4 Å². The number of fused-ring (bicyclic) bond motifs is 1. The third-order valence-electron chi connectivity index (χ3n) is 4.71. The van der Waals surface area contributed by atoms with E-state index >= 15 is 0 Å². The van der Waals surface area contributed by atoms with Crippen molar-refractivity contribution in [3.63, 3.8) is 0 Å². The molecular formula is C18H20FN5O3. The monoisotopic (exact) mass is 373 g/mol. The molecule has 2 aromatic rings. The molecule has 0 aliphatic carbocycles. The Balaban J connectivity index is 1.64. The summed E-state index contributed by atoms with van der Waals surface area (Å²) in [5.74, 6) is 1.24. The van der Waals surface area contributed by atoms with E-state index in [0.717, 1.165) is 5.56 Å². The first-order valence-corrected chi connectivity index (χ1v) is 8.62. The Bertz CT molecular complexity index is 861. The standard InChI is InChI=1S/C18H20FN5O3/c19-11-4-1-10(2-5-11)3-6-14-23-16-17(20)21-9-22-18(16)24(14)15-7-12(26)13(8-25)27-15/h1-2,4-6,9,12-13,15,23,25-26H,3,7-8H2,(H2,20,21,22)/b14-6+. The molecule has 9 heteroatoms. The van der Waals surface area contributed by atoms with Crippen molar-refractivity contribution >= 4 is 17.3 Å². The number of ether oxygens (including phenoxy) is 1. The van der Waals surface area contributed by atoms with Crippen LogP contribution in [0.1, 0.15) is 12.0 Å². The van der Waals surface area contributed by atoms with E-state index in [2.05, 4.69) is 15.3 Å². The maximum Gasteiger partial charge on any atom is 0.165 e. The number of aliphatic hydroxyl groups excluding tert-OH is 2. The number of rotatable bonds is 4. The number of allylic oxidation sites excluding steroid dienone is 1. The number of nitrogens with two attached hydrogens (primary N) is 1. The average molecular weight is 373 g/mol. The fraction of sp³-hybridized carbons (Fsp3) is 0.333. The Hall–Kier alpha value is -2.75. The molecule has 3 heterocycles. The smallest absolute Gasteiger partial charge is 0.165 e. The van der Waals surface area contributed by atoms with Gasteiger partial charge < -0.3 is 26.0 Å². The summed E-state index contributed by atoms with van der Waals surface area (Å²) in [4.78, 5) is 10.1. The van der Waals surface area contributed by atoms with Gasteiger partial charge in [0, 0.05) is 6.42 Å². The zero-order valence-corrected chi connectivity index (χ0v) is 14.4. The van der Waals surface area contributed by atoms with Gasteiger partial charge in [-0.2, -0.15) is 0 Å². The minimum absolute atomic E-state index is 0.271. The Labute approximate surface area is 155 Å². The lowest BCUT2D eigenvalue weighted by Crippen LogP contribution is -2.34. The second kappa shape index (κ2) is 7.10. The number of aliphatic hydroxyl groups is 2. The van der Waals surface area contributed by atoms with Crippen molar-refractivity contribution in [2.24, 2.45) is 0 Å².